The summed E-state index contributed by atoms with van der Waals surface area (Å²) in [7, 11) is -3.54. The molecular weight excluding hydrogens is 458 g/mol. The molecule has 33 heavy (non-hydrogen) atoms. The normalized spacial score (nSPS) is 15.2. The topological polar surface area (TPSA) is 102 Å². The van der Waals surface area contributed by atoms with Crippen LogP contribution in [0.25, 0.3) is 17.3 Å². The predicted octanol–water partition coefficient (Wildman–Crippen LogP) is 2.50. The van der Waals surface area contributed by atoms with Crippen molar-refractivity contribution in [2.45, 2.75) is 5.16 Å². The Kier molecular flexibility index (Phi) is 7.17. The Labute approximate surface area is 197 Å². The van der Waals surface area contributed by atoms with Gasteiger partial charge in [-0.05, 0) is 11.6 Å². The number of hydrogen-bond donors (Lipinski definition) is 1. The Hall–Kier alpha value is -3.08. The summed E-state index contributed by atoms with van der Waals surface area (Å²) in [5.41, 5.74) is 2.52. The minimum Gasteiger partial charge on any atom is -0.339 e. The Morgan fingerprint density at radius 3 is 2.30 bits per heavy atom. The molecule has 4 rings (SSSR count). The molecule has 0 radical (unpaired) electrons. The van der Waals surface area contributed by atoms with Gasteiger partial charge in [-0.1, -0.05) is 72.4 Å². The zero-order chi connectivity index (χ0) is 23.3. The molecule has 0 bridgehead atoms. The van der Waals surface area contributed by atoms with Crippen LogP contribution in [0, 0.1) is 0 Å². The van der Waals surface area contributed by atoms with Gasteiger partial charge < -0.3 is 10.7 Å². The van der Waals surface area contributed by atoms with E-state index in [4.69, 9.17) is 5.84 Å². The van der Waals surface area contributed by atoms with Crippen molar-refractivity contribution in [2.75, 3.05) is 37.8 Å². The molecule has 1 aliphatic rings. The first-order valence-corrected chi connectivity index (χ1v) is 12.9. The first kappa shape index (κ1) is 23.1. The van der Waals surface area contributed by atoms with Gasteiger partial charge in [-0.15, -0.1) is 0 Å². The Balaban J connectivity index is 1.29. The fourth-order valence-corrected chi connectivity index (χ4v) is 5.43. The zero-order valence-electron chi connectivity index (χ0n) is 17.9. The molecule has 2 aromatic carbocycles. The van der Waals surface area contributed by atoms with Gasteiger partial charge in [-0.25, -0.2) is 18.1 Å². The highest BCUT2D eigenvalue weighted by atomic mass is 32.2. The number of thioether (sulfide) groups is 1. The molecule has 2 heterocycles. The minimum atomic E-state index is -3.54. The highest BCUT2D eigenvalue weighted by Crippen LogP contribution is 2.23. The maximum absolute atomic E-state index is 12.7. The van der Waals surface area contributed by atoms with Gasteiger partial charge in [0.25, 0.3) is 0 Å². The van der Waals surface area contributed by atoms with E-state index in [0.717, 1.165) is 16.8 Å². The van der Waals surface area contributed by atoms with Crippen LogP contribution in [-0.4, -0.2) is 65.1 Å². The number of carbonyl (C=O) groups is 1. The predicted molar refractivity (Wildman–Crippen MR) is 131 cm³/mol. The van der Waals surface area contributed by atoms with E-state index in [1.165, 1.54) is 26.2 Å². The third-order valence-corrected chi connectivity index (χ3v) is 7.79. The molecule has 8 nitrogen and oxygen atoms in total. The van der Waals surface area contributed by atoms with Crippen molar-refractivity contribution in [3.05, 3.63) is 77.8 Å². The van der Waals surface area contributed by atoms with E-state index in [-0.39, 0.29) is 24.7 Å². The summed E-state index contributed by atoms with van der Waals surface area (Å²) < 4.78 is 28.0. The number of amides is 1. The highest BCUT2D eigenvalue weighted by molar-refractivity contribution is 7.99. The summed E-state index contributed by atoms with van der Waals surface area (Å²) >= 11 is 1.27. The second-order valence-corrected chi connectivity index (χ2v) is 10.3. The van der Waals surface area contributed by atoms with Crippen LogP contribution in [-0.2, 0) is 14.8 Å². The molecule has 3 aromatic rings. The fraction of sp³-hybridized carbons (Fsp3) is 0.217. The van der Waals surface area contributed by atoms with Gasteiger partial charge in [0, 0.05) is 37.2 Å². The van der Waals surface area contributed by atoms with Crippen LogP contribution < -0.4 is 5.84 Å². The van der Waals surface area contributed by atoms with Crippen molar-refractivity contribution in [3.8, 4) is 11.3 Å². The largest absolute Gasteiger partial charge is 0.339 e. The van der Waals surface area contributed by atoms with E-state index in [9.17, 15) is 13.2 Å². The second kappa shape index (κ2) is 10.2. The van der Waals surface area contributed by atoms with Gasteiger partial charge in [0.1, 0.15) is 0 Å². The van der Waals surface area contributed by atoms with Crippen LogP contribution in [0.1, 0.15) is 5.56 Å². The van der Waals surface area contributed by atoms with E-state index in [1.807, 2.05) is 60.7 Å². The lowest BCUT2D eigenvalue weighted by Crippen LogP contribution is -2.50. The van der Waals surface area contributed by atoms with Crippen LogP contribution in [0.4, 0.5) is 0 Å². The number of nitrogens with two attached hydrogens (primary N) is 1. The molecule has 1 fully saturated rings. The first-order chi connectivity index (χ1) is 15.9. The third kappa shape index (κ3) is 5.84. The van der Waals surface area contributed by atoms with Crippen LogP contribution in [0.5, 0.6) is 0 Å². The fourth-order valence-electron chi connectivity index (χ4n) is 3.46. The standard InChI is InChI=1S/C23H25N5O3S2/c24-28-17-21(20-9-5-2-6-10-20)25-23(28)32-18-22(29)26-12-14-27(15-13-26)33(30,31)16-11-19-7-3-1-4-8-19/h1-11,16-17H,12-15,18,24H2/b16-11+. The summed E-state index contributed by atoms with van der Waals surface area (Å²) in [6, 6.07) is 19.0. The highest BCUT2D eigenvalue weighted by Gasteiger charge is 2.27. The van der Waals surface area contributed by atoms with E-state index in [2.05, 4.69) is 4.98 Å². The summed E-state index contributed by atoms with van der Waals surface area (Å²) in [4.78, 5) is 18.9. The molecule has 2 N–H and O–H groups in total. The Morgan fingerprint density at radius 1 is 1.00 bits per heavy atom. The lowest BCUT2D eigenvalue weighted by Gasteiger charge is -2.33. The Bertz CT molecular complexity index is 1220. The monoisotopic (exact) mass is 483 g/mol. The number of benzene rings is 2. The molecule has 1 aliphatic heterocycles. The number of piperazine rings is 1. The van der Waals surface area contributed by atoms with Crippen LogP contribution in [0.15, 0.2) is 77.4 Å². The summed E-state index contributed by atoms with van der Waals surface area (Å²) in [5, 5.41) is 1.77. The number of aromatic nitrogens is 2. The van der Waals surface area contributed by atoms with Crippen molar-refractivity contribution < 1.29 is 13.2 Å². The van der Waals surface area contributed by atoms with Crippen molar-refractivity contribution >= 4 is 33.8 Å². The number of imidazole rings is 1. The molecule has 0 spiro atoms. The van der Waals surface area contributed by atoms with Gasteiger partial charge in [0.05, 0.1) is 17.6 Å². The third-order valence-electron chi connectivity index (χ3n) is 5.28. The minimum absolute atomic E-state index is 0.0684. The molecule has 0 unspecified atom stereocenters. The first-order valence-electron chi connectivity index (χ1n) is 10.5. The maximum atomic E-state index is 12.7. The van der Waals surface area contributed by atoms with Gasteiger partial charge >= 0.3 is 0 Å². The number of rotatable bonds is 7. The van der Waals surface area contributed by atoms with E-state index < -0.39 is 10.0 Å². The van der Waals surface area contributed by atoms with Crippen molar-refractivity contribution in [1.82, 2.24) is 18.9 Å². The number of sulfonamides is 1. The SMILES string of the molecule is Nn1cc(-c2ccccc2)nc1SCC(=O)N1CCN(S(=O)(=O)/C=C/c2ccccc2)CC1. The van der Waals surface area contributed by atoms with Gasteiger partial charge in [0.2, 0.25) is 15.9 Å². The van der Waals surface area contributed by atoms with Crippen molar-refractivity contribution in [3.63, 3.8) is 0 Å². The lowest BCUT2D eigenvalue weighted by molar-refractivity contribution is -0.129. The lowest BCUT2D eigenvalue weighted by atomic mass is 10.2. The number of carbonyl (C=O) groups excluding carboxylic acids is 1. The smallest absolute Gasteiger partial charge is 0.236 e. The Morgan fingerprint density at radius 2 is 1.64 bits per heavy atom. The maximum Gasteiger partial charge on any atom is 0.236 e. The molecule has 0 atom stereocenters. The van der Waals surface area contributed by atoms with Gasteiger partial charge in [0.15, 0.2) is 5.16 Å². The van der Waals surface area contributed by atoms with Crippen LogP contribution in [0.3, 0.4) is 0 Å². The number of nitrogen functional groups attached to an aromatic ring is 1. The number of hydrogen-bond acceptors (Lipinski definition) is 6. The second-order valence-electron chi connectivity index (χ2n) is 7.51. The summed E-state index contributed by atoms with van der Waals surface area (Å²) in [6.45, 7) is 1.23. The van der Waals surface area contributed by atoms with E-state index >= 15 is 0 Å². The van der Waals surface area contributed by atoms with Gasteiger partial charge in [-0.2, -0.15) is 4.31 Å². The molecule has 1 aromatic heterocycles. The van der Waals surface area contributed by atoms with E-state index in [0.29, 0.717) is 18.2 Å². The quantitative estimate of drug-likeness (QED) is 0.409. The molecule has 1 saturated heterocycles. The molecule has 0 aliphatic carbocycles. The average Bonchev–Trinajstić information content (AvgIpc) is 3.23. The zero-order valence-corrected chi connectivity index (χ0v) is 19.6. The van der Waals surface area contributed by atoms with Crippen LogP contribution >= 0.6 is 11.8 Å². The number of nitrogens with zero attached hydrogens (tertiary/aromatic N) is 4. The van der Waals surface area contributed by atoms with Crippen molar-refractivity contribution in [1.29, 1.82) is 0 Å². The summed E-state index contributed by atoms with van der Waals surface area (Å²) in [6.07, 6.45) is 3.32. The molecule has 10 heteroatoms. The molecule has 0 saturated carbocycles. The van der Waals surface area contributed by atoms with Crippen molar-refractivity contribution in [2.24, 2.45) is 0 Å². The average molecular weight is 484 g/mol. The van der Waals surface area contributed by atoms with E-state index in [1.54, 1.807) is 17.2 Å². The molecule has 1 amide bonds. The molecular formula is C23H25N5O3S2. The molecule has 172 valence electrons. The summed E-state index contributed by atoms with van der Waals surface area (Å²) in [5.74, 6) is 6.12. The van der Waals surface area contributed by atoms with Gasteiger partial charge in [-0.3, -0.25) is 4.79 Å². The van der Waals surface area contributed by atoms with Crippen LogP contribution in [0.2, 0.25) is 0 Å².